The summed E-state index contributed by atoms with van der Waals surface area (Å²) in [6.45, 7) is 2.16. The van der Waals surface area contributed by atoms with Crippen molar-refractivity contribution in [2.45, 2.75) is 38.0 Å². The highest BCUT2D eigenvalue weighted by atomic mass is 15.5. The zero-order valence-corrected chi connectivity index (χ0v) is 8.87. The molecule has 1 saturated heterocycles. The number of aromatic nitrogens is 4. The molecule has 82 valence electrons. The summed E-state index contributed by atoms with van der Waals surface area (Å²) in [4.78, 5) is 0. The number of rotatable bonds is 1. The van der Waals surface area contributed by atoms with E-state index in [0.717, 1.165) is 18.9 Å². The summed E-state index contributed by atoms with van der Waals surface area (Å²) in [6.07, 6.45) is 6.76. The van der Waals surface area contributed by atoms with Gasteiger partial charge in [0, 0.05) is 19.0 Å². The minimum atomic E-state index is 0.430. The molecule has 2 fully saturated rings. The molecule has 0 radical (unpaired) electrons. The molecular weight excluding hydrogens is 190 g/mol. The molecule has 1 aliphatic heterocycles. The summed E-state index contributed by atoms with van der Waals surface area (Å²) in [5.74, 6) is 1.47. The summed E-state index contributed by atoms with van der Waals surface area (Å²) < 4.78 is 0. The van der Waals surface area contributed by atoms with Gasteiger partial charge in [-0.15, -0.1) is 5.10 Å². The summed E-state index contributed by atoms with van der Waals surface area (Å²) in [7, 11) is 0. The maximum atomic E-state index is 4.09. The highest BCUT2D eigenvalue weighted by molar-refractivity contribution is 5.09. The van der Waals surface area contributed by atoms with Gasteiger partial charge in [0.25, 0.3) is 0 Å². The van der Waals surface area contributed by atoms with Gasteiger partial charge in [-0.1, -0.05) is 19.3 Å². The van der Waals surface area contributed by atoms with Gasteiger partial charge in [-0.2, -0.15) is 0 Å². The lowest BCUT2D eigenvalue weighted by Gasteiger charge is -2.36. The molecule has 1 spiro atoms. The number of aromatic amines is 1. The van der Waals surface area contributed by atoms with Crippen LogP contribution in [0, 0.1) is 5.41 Å². The third-order valence-electron chi connectivity index (χ3n) is 4.11. The largest absolute Gasteiger partial charge is 0.315 e. The molecule has 5 nitrogen and oxygen atoms in total. The number of H-pyrrole nitrogens is 1. The van der Waals surface area contributed by atoms with Gasteiger partial charge in [-0.25, -0.2) is 5.10 Å². The van der Waals surface area contributed by atoms with Gasteiger partial charge in [0.2, 0.25) is 0 Å². The second kappa shape index (κ2) is 3.56. The van der Waals surface area contributed by atoms with Gasteiger partial charge in [0.15, 0.2) is 5.82 Å². The van der Waals surface area contributed by atoms with E-state index in [-0.39, 0.29) is 0 Å². The van der Waals surface area contributed by atoms with Crippen LogP contribution in [0.1, 0.15) is 43.8 Å². The average molecular weight is 207 g/mol. The fraction of sp³-hybridized carbons (Fsp3) is 0.900. The maximum absolute atomic E-state index is 4.09. The van der Waals surface area contributed by atoms with Crippen molar-refractivity contribution >= 4 is 0 Å². The van der Waals surface area contributed by atoms with Crippen molar-refractivity contribution in [1.82, 2.24) is 25.9 Å². The van der Waals surface area contributed by atoms with E-state index in [2.05, 4.69) is 25.9 Å². The molecule has 2 aliphatic rings. The molecule has 1 aromatic rings. The van der Waals surface area contributed by atoms with Crippen molar-refractivity contribution in [2.24, 2.45) is 5.41 Å². The fourth-order valence-corrected chi connectivity index (χ4v) is 3.29. The van der Waals surface area contributed by atoms with Gasteiger partial charge in [-0.05, 0) is 28.7 Å². The van der Waals surface area contributed by atoms with Crippen molar-refractivity contribution < 1.29 is 0 Å². The van der Waals surface area contributed by atoms with Crippen LogP contribution >= 0.6 is 0 Å². The summed E-state index contributed by atoms with van der Waals surface area (Å²) in [5, 5.41) is 17.9. The van der Waals surface area contributed by atoms with Crippen LogP contribution in [0.4, 0.5) is 0 Å². The minimum absolute atomic E-state index is 0.430. The SMILES string of the molecule is C1CCC2(CC1)CNCC2c1nnn[nH]1. The monoisotopic (exact) mass is 207 g/mol. The van der Waals surface area contributed by atoms with Gasteiger partial charge in [0.1, 0.15) is 0 Å². The smallest absolute Gasteiger partial charge is 0.153 e. The van der Waals surface area contributed by atoms with Crippen LogP contribution < -0.4 is 5.32 Å². The first-order chi connectivity index (χ1) is 7.41. The zero-order chi connectivity index (χ0) is 10.1. The van der Waals surface area contributed by atoms with E-state index in [0.29, 0.717) is 11.3 Å². The van der Waals surface area contributed by atoms with E-state index in [1.54, 1.807) is 0 Å². The third-order valence-corrected chi connectivity index (χ3v) is 4.11. The van der Waals surface area contributed by atoms with Gasteiger partial charge >= 0.3 is 0 Å². The topological polar surface area (TPSA) is 66.5 Å². The Labute approximate surface area is 89.0 Å². The van der Waals surface area contributed by atoms with E-state index in [4.69, 9.17) is 0 Å². The van der Waals surface area contributed by atoms with Crippen LogP contribution in [0.2, 0.25) is 0 Å². The third kappa shape index (κ3) is 1.45. The first-order valence-corrected chi connectivity index (χ1v) is 5.85. The van der Waals surface area contributed by atoms with E-state index in [9.17, 15) is 0 Å². The molecular formula is C10H17N5. The minimum Gasteiger partial charge on any atom is -0.315 e. The second-order valence-electron chi connectivity index (χ2n) is 4.89. The fourth-order valence-electron chi connectivity index (χ4n) is 3.29. The normalized spacial score (nSPS) is 29.7. The Morgan fingerprint density at radius 2 is 2.07 bits per heavy atom. The van der Waals surface area contributed by atoms with Gasteiger partial charge in [-0.3, -0.25) is 0 Å². The van der Waals surface area contributed by atoms with Crippen molar-refractivity contribution in [2.75, 3.05) is 13.1 Å². The summed E-state index contributed by atoms with van der Waals surface area (Å²) in [6, 6.07) is 0. The number of nitrogens with one attached hydrogen (secondary N) is 2. The Morgan fingerprint density at radius 3 is 2.80 bits per heavy atom. The number of hydrogen-bond acceptors (Lipinski definition) is 4. The van der Waals surface area contributed by atoms with Crippen LogP contribution in [-0.2, 0) is 0 Å². The lowest BCUT2D eigenvalue weighted by Crippen LogP contribution is -2.31. The van der Waals surface area contributed by atoms with Crippen LogP contribution in [0.3, 0.4) is 0 Å². The zero-order valence-electron chi connectivity index (χ0n) is 8.87. The molecule has 1 unspecified atom stereocenters. The number of nitrogens with zero attached hydrogens (tertiary/aromatic N) is 3. The van der Waals surface area contributed by atoms with Crippen molar-refractivity contribution in [1.29, 1.82) is 0 Å². The second-order valence-corrected chi connectivity index (χ2v) is 4.89. The molecule has 15 heavy (non-hydrogen) atoms. The lowest BCUT2D eigenvalue weighted by atomic mass is 9.67. The Kier molecular flexibility index (Phi) is 2.20. The molecule has 2 heterocycles. The molecule has 0 bridgehead atoms. The lowest BCUT2D eigenvalue weighted by molar-refractivity contribution is 0.185. The molecule has 0 aromatic carbocycles. The number of hydrogen-bond donors (Lipinski definition) is 2. The molecule has 1 saturated carbocycles. The van der Waals surface area contributed by atoms with Crippen molar-refractivity contribution in [3.63, 3.8) is 0 Å². The van der Waals surface area contributed by atoms with E-state index in [1.165, 1.54) is 32.1 Å². The Balaban J connectivity index is 1.87. The molecule has 3 rings (SSSR count). The van der Waals surface area contributed by atoms with Crippen LogP contribution in [-0.4, -0.2) is 33.7 Å². The Bertz CT molecular complexity index is 315. The predicted octanol–water partition coefficient (Wildman–Crippen LogP) is 0.837. The van der Waals surface area contributed by atoms with Crippen LogP contribution in [0.15, 0.2) is 0 Å². The number of tetrazole rings is 1. The van der Waals surface area contributed by atoms with E-state index in [1.807, 2.05) is 0 Å². The molecule has 0 amide bonds. The van der Waals surface area contributed by atoms with Crippen molar-refractivity contribution in [3.05, 3.63) is 5.82 Å². The highest BCUT2D eigenvalue weighted by Gasteiger charge is 2.45. The predicted molar refractivity (Wildman–Crippen MR) is 55.3 cm³/mol. The van der Waals surface area contributed by atoms with Crippen LogP contribution in [0.5, 0.6) is 0 Å². The molecule has 1 atom stereocenters. The average Bonchev–Trinajstić information content (AvgIpc) is 2.88. The highest BCUT2D eigenvalue weighted by Crippen LogP contribution is 2.48. The molecule has 5 heteroatoms. The van der Waals surface area contributed by atoms with Crippen molar-refractivity contribution in [3.8, 4) is 0 Å². The standard InChI is InChI=1S/C10H17N5/c1-2-4-10(5-3-1)7-11-6-8(10)9-12-14-15-13-9/h8,11H,1-7H2,(H,12,13,14,15). The first kappa shape index (κ1) is 9.27. The Morgan fingerprint density at radius 1 is 1.20 bits per heavy atom. The molecule has 2 N–H and O–H groups in total. The summed E-state index contributed by atoms with van der Waals surface area (Å²) in [5.41, 5.74) is 0.430. The molecule has 1 aromatic heterocycles. The van der Waals surface area contributed by atoms with Crippen LogP contribution in [0.25, 0.3) is 0 Å². The van der Waals surface area contributed by atoms with Gasteiger partial charge in [0.05, 0.1) is 0 Å². The maximum Gasteiger partial charge on any atom is 0.153 e. The molecule has 1 aliphatic carbocycles. The van der Waals surface area contributed by atoms with E-state index < -0.39 is 0 Å². The summed E-state index contributed by atoms with van der Waals surface area (Å²) >= 11 is 0. The quantitative estimate of drug-likeness (QED) is 0.716. The van der Waals surface area contributed by atoms with Gasteiger partial charge < -0.3 is 5.32 Å². The van der Waals surface area contributed by atoms with E-state index >= 15 is 0 Å². The Hall–Kier alpha value is -0.970. The first-order valence-electron chi connectivity index (χ1n) is 5.85.